The lowest BCUT2D eigenvalue weighted by Crippen LogP contribution is -1.97. The molecule has 1 aromatic carbocycles. The molecule has 0 aliphatic rings. The largest absolute Gasteiger partial charge is 0.246 e. The zero-order chi connectivity index (χ0) is 9.52. The van der Waals surface area contributed by atoms with Crippen molar-refractivity contribution in [3.8, 4) is 0 Å². The molecule has 0 aliphatic carbocycles. The first-order valence-corrected chi connectivity index (χ1v) is 5.36. The fourth-order valence-electron chi connectivity index (χ4n) is 0.979. The number of allylic oxidation sites excluding steroid dienone is 1. The Labute approximate surface area is 86.6 Å². The van der Waals surface area contributed by atoms with Crippen molar-refractivity contribution < 1.29 is 4.39 Å². The Kier molecular flexibility index (Phi) is 4.76. The first-order chi connectivity index (χ1) is 6.33. The molecule has 70 valence electrons. The third kappa shape index (κ3) is 4.23. The number of halogens is 2. The normalized spacial score (nSPS) is 13.4. The minimum Gasteiger partial charge on any atom is -0.246 e. The van der Waals surface area contributed by atoms with Crippen LogP contribution in [-0.2, 0) is 0 Å². The van der Waals surface area contributed by atoms with Gasteiger partial charge >= 0.3 is 0 Å². The van der Waals surface area contributed by atoms with Gasteiger partial charge in [0.05, 0.1) is 0 Å². The van der Waals surface area contributed by atoms with Gasteiger partial charge in [-0.1, -0.05) is 58.4 Å². The molecule has 13 heavy (non-hydrogen) atoms. The smallest absolute Gasteiger partial charge is 0.113 e. The molecule has 0 radical (unpaired) electrons. The summed E-state index contributed by atoms with van der Waals surface area (Å²) in [7, 11) is 0. The topological polar surface area (TPSA) is 0 Å². The van der Waals surface area contributed by atoms with E-state index in [2.05, 4.69) is 15.9 Å². The molecular formula is C11H12BrF. The summed E-state index contributed by atoms with van der Waals surface area (Å²) < 4.78 is 12.7. The molecule has 0 amide bonds. The number of hydrogen-bond acceptors (Lipinski definition) is 0. The summed E-state index contributed by atoms with van der Waals surface area (Å²) in [4.78, 5) is 0. The fourth-order valence-corrected chi connectivity index (χ4v) is 1.24. The van der Waals surface area contributed by atoms with E-state index in [1.54, 1.807) is 0 Å². The third-order valence-electron chi connectivity index (χ3n) is 1.67. The molecule has 0 saturated heterocycles. The molecule has 0 N–H and O–H groups in total. The number of benzene rings is 1. The van der Waals surface area contributed by atoms with E-state index in [9.17, 15) is 4.39 Å². The van der Waals surface area contributed by atoms with E-state index >= 15 is 0 Å². The highest BCUT2D eigenvalue weighted by Crippen LogP contribution is 2.06. The van der Waals surface area contributed by atoms with Crippen molar-refractivity contribution in [1.29, 1.82) is 0 Å². The lowest BCUT2D eigenvalue weighted by Gasteiger charge is -1.97. The minimum absolute atomic E-state index is 0.409. The maximum Gasteiger partial charge on any atom is 0.113 e. The molecule has 0 unspecified atom stereocenters. The van der Waals surface area contributed by atoms with E-state index in [0.717, 1.165) is 5.56 Å². The van der Waals surface area contributed by atoms with Gasteiger partial charge in [-0.2, -0.15) is 0 Å². The maximum absolute atomic E-state index is 12.7. The van der Waals surface area contributed by atoms with Crippen molar-refractivity contribution in [3.63, 3.8) is 0 Å². The van der Waals surface area contributed by atoms with Gasteiger partial charge < -0.3 is 0 Å². The van der Waals surface area contributed by atoms with Gasteiger partial charge in [-0.15, -0.1) is 0 Å². The summed E-state index contributed by atoms with van der Waals surface area (Å²) in [5.74, 6) is 0. The van der Waals surface area contributed by atoms with E-state index < -0.39 is 6.17 Å². The molecular weight excluding hydrogens is 231 g/mol. The standard InChI is InChI=1S/C11H12BrF/c12-9-11(13)8-4-7-10-5-2-1-3-6-10/h1-7,11H,8-9H2/b7-4+/t11-/m0/s1. The summed E-state index contributed by atoms with van der Waals surface area (Å²) in [5.41, 5.74) is 1.12. The minimum atomic E-state index is -0.778. The molecule has 0 aliphatic heterocycles. The SMILES string of the molecule is F[C@H](CBr)C/C=C/c1ccccc1. The Morgan fingerprint density at radius 2 is 2.00 bits per heavy atom. The van der Waals surface area contributed by atoms with Gasteiger partial charge in [0, 0.05) is 5.33 Å². The van der Waals surface area contributed by atoms with Crippen LogP contribution in [0.25, 0.3) is 6.08 Å². The van der Waals surface area contributed by atoms with Crippen LogP contribution in [0.5, 0.6) is 0 Å². The van der Waals surface area contributed by atoms with E-state index in [4.69, 9.17) is 0 Å². The summed E-state index contributed by atoms with van der Waals surface area (Å²) in [6.45, 7) is 0. The van der Waals surface area contributed by atoms with Gasteiger partial charge in [-0.25, -0.2) is 4.39 Å². The molecule has 1 rings (SSSR count). The van der Waals surface area contributed by atoms with Crippen LogP contribution < -0.4 is 0 Å². The van der Waals surface area contributed by atoms with Crippen LogP contribution in [-0.4, -0.2) is 11.5 Å². The van der Waals surface area contributed by atoms with E-state index in [0.29, 0.717) is 11.8 Å². The highest BCUT2D eigenvalue weighted by Gasteiger charge is 1.98. The lowest BCUT2D eigenvalue weighted by atomic mass is 10.2. The fraction of sp³-hybridized carbons (Fsp3) is 0.273. The van der Waals surface area contributed by atoms with Crippen LogP contribution in [0.2, 0.25) is 0 Å². The van der Waals surface area contributed by atoms with Crippen molar-refractivity contribution in [2.75, 3.05) is 5.33 Å². The van der Waals surface area contributed by atoms with Crippen LogP contribution in [0.15, 0.2) is 36.4 Å². The van der Waals surface area contributed by atoms with Gasteiger partial charge in [-0.3, -0.25) is 0 Å². The number of rotatable bonds is 4. The highest BCUT2D eigenvalue weighted by molar-refractivity contribution is 9.09. The zero-order valence-electron chi connectivity index (χ0n) is 7.29. The Morgan fingerprint density at radius 1 is 1.31 bits per heavy atom. The van der Waals surface area contributed by atoms with E-state index in [1.165, 1.54) is 0 Å². The summed E-state index contributed by atoms with van der Waals surface area (Å²) in [6.07, 6.45) is 3.50. The van der Waals surface area contributed by atoms with Crippen molar-refractivity contribution in [3.05, 3.63) is 42.0 Å². The molecule has 0 nitrogen and oxygen atoms in total. The van der Waals surface area contributed by atoms with Crippen LogP contribution in [0.3, 0.4) is 0 Å². The molecule has 0 heterocycles. The van der Waals surface area contributed by atoms with Crippen LogP contribution >= 0.6 is 15.9 Å². The van der Waals surface area contributed by atoms with Crippen molar-refractivity contribution >= 4 is 22.0 Å². The Bertz CT molecular complexity index is 256. The molecule has 0 bridgehead atoms. The van der Waals surface area contributed by atoms with Crippen molar-refractivity contribution in [2.24, 2.45) is 0 Å². The van der Waals surface area contributed by atoms with Gasteiger partial charge in [-0.05, 0) is 12.0 Å². The second-order valence-electron chi connectivity index (χ2n) is 2.80. The first kappa shape index (κ1) is 10.5. The van der Waals surface area contributed by atoms with E-state index in [1.807, 2.05) is 42.5 Å². The van der Waals surface area contributed by atoms with Gasteiger partial charge in [0.15, 0.2) is 0 Å². The first-order valence-electron chi connectivity index (χ1n) is 4.24. The zero-order valence-corrected chi connectivity index (χ0v) is 8.87. The molecule has 0 spiro atoms. The lowest BCUT2D eigenvalue weighted by molar-refractivity contribution is 0.374. The van der Waals surface area contributed by atoms with Gasteiger partial charge in [0.1, 0.15) is 6.17 Å². The predicted octanol–water partition coefficient (Wildman–Crippen LogP) is 3.82. The molecule has 0 aromatic heterocycles. The van der Waals surface area contributed by atoms with Crippen LogP contribution in [0.1, 0.15) is 12.0 Å². The Morgan fingerprint density at radius 3 is 2.62 bits per heavy atom. The van der Waals surface area contributed by atoms with Gasteiger partial charge in [0.25, 0.3) is 0 Å². The van der Waals surface area contributed by atoms with E-state index in [-0.39, 0.29) is 0 Å². The second-order valence-corrected chi connectivity index (χ2v) is 3.45. The number of hydrogen-bond donors (Lipinski definition) is 0. The molecule has 1 aromatic rings. The molecule has 0 saturated carbocycles. The highest BCUT2D eigenvalue weighted by atomic mass is 79.9. The van der Waals surface area contributed by atoms with Crippen LogP contribution in [0.4, 0.5) is 4.39 Å². The quantitative estimate of drug-likeness (QED) is 0.705. The average Bonchev–Trinajstić information content (AvgIpc) is 2.19. The maximum atomic E-state index is 12.7. The average molecular weight is 243 g/mol. The van der Waals surface area contributed by atoms with Crippen molar-refractivity contribution in [1.82, 2.24) is 0 Å². The summed E-state index contributed by atoms with van der Waals surface area (Å²) in [5, 5.41) is 0.409. The predicted molar refractivity (Wildman–Crippen MR) is 58.8 cm³/mol. The molecule has 1 atom stereocenters. The Hall–Kier alpha value is -0.630. The van der Waals surface area contributed by atoms with Crippen LogP contribution in [0, 0.1) is 0 Å². The monoisotopic (exact) mass is 242 g/mol. The Balaban J connectivity index is 2.41. The van der Waals surface area contributed by atoms with Crippen molar-refractivity contribution in [2.45, 2.75) is 12.6 Å². The second kappa shape index (κ2) is 5.92. The van der Waals surface area contributed by atoms with Gasteiger partial charge in [0.2, 0.25) is 0 Å². The summed E-state index contributed by atoms with van der Waals surface area (Å²) >= 11 is 3.09. The molecule has 2 heteroatoms. The third-order valence-corrected chi connectivity index (χ3v) is 2.37. The number of alkyl halides is 2. The summed E-state index contributed by atoms with van der Waals surface area (Å²) in [6, 6.07) is 9.90. The molecule has 0 fully saturated rings.